The van der Waals surface area contributed by atoms with Crippen LogP contribution in [0.4, 0.5) is 0 Å². The standard InChI is InChI=1S/C16H14N2O3/c19-16(20)9-11-6-7-13-14(8-11)18-15(17-13)10-21-12-4-2-1-3-5-12/h1-8H,9-10H2,(H,17,18)(H,19,20). The molecule has 0 radical (unpaired) electrons. The molecule has 0 aliphatic heterocycles. The van der Waals surface area contributed by atoms with Crippen molar-refractivity contribution < 1.29 is 14.6 Å². The Morgan fingerprint density at radius 3 is 2.76 bits per heavy atom. The Bertz CT molecular complexity index is 766. The van der Waals surface area contributed by atoms with Crippen LogP contribution < -0.4 is 4.74 Å². The highest BCUT2D eigenvalue weighted by molar-refractivity contribution is 5.78. The van der Waals surface area contributed by atoms with Gasteiger partial charge in [-0.1, -0.05) is 24.3 Å². The van der Waals surface area contributed by atoms with Gasteiger partial charge in [0.25, 0.3) is 0 Å². The van der Waals surface area contributed by atoms with Gasteiger partial charge in [-0.15, -0.1) is 0 Å². The summed E-state index contributed by atoms with van der Waals surface area (Å²) in [5.74, 6) is 0.646. The fourth-order valence-electron chi connectivity index (χ4n) is 2.13. The molecule has 3 rings (SSSR count). The molecule has 0 fully saturated rings. The van der Waals surface area contributed by atoms with E-state index in [-0.39, 0.29) is 6.42 Å². The van der Waals surface area contributed by atoms with Crippen molar-refractivity contribution in [2.24, 2.45) is 0 Å². The first-order chi connectivity index (χ1) is 10.2. The lowest BCUT2D eigenvalue weighted by Crippen LogP contribution is -1.99. The van der Waals surface area contributed by atoms with Crippen LogP contribution in [-0.4, -0.2) is 21.0 Å². The van der Waals surface area contributed by atoms with Gasteiger partial charge < -0.3 is 14.8 Å². The van der Waals surface area contributed by atoms with E-state index < -0.39 is 5.97 Å². The first-order valence-electron chi connectivity index (χ1n) is 6.58. The number of nitrogens with one attached hydrogen (secondary N) is 1. The highest BCUT2D eigenvalue weighted by Crippen LogP contribution is 2.16. The van der Waals surface area contributed by atoms with Crippen LogP contribution in [-0.2, 0) is 17.8 Å². The average Bonchev–Trinajstić information content (AvgIpc) is 2.88. The quantitative estimate of drug-likeness (QED) is 0.754. The van der Waals surface area contributed by atoms with Crippen molar-refractivity contribution in [2.75, 3.05) is 0 Å². The van der Waals surface area contributed by atoms with Crippen molar-refractivity contribution in [1.29, 1.82) is 0 Å². The minimum atomic E-state index is -0.846. The molecule has 0 saturated heterocycles. The molecule has 1 heterocycles. The lowest BCUT2D eigenvalue weighted by atomic mass is 10.1. The summed E-state index contributed by atoms with van der Waals surface area (Å²) in [6.07, 6.45) is 0.00477. The summed E-state index contributed by atoms with van der Waals surface area (Å²) in [4.78, 5) is 18.3. The molecule has 1 aromatic heterocycles. The zero-order valence-electron chi connectivity index (χ0n) is 11.2. The maximum Gasteiger partial charge on any atom is 0.307 e. The van der Waals surface area contributed by atoms with E-state index in [2.05, 4.69) is 9.97 Å². The first-order valence-corrected chi connectivity index (χ1v) is 6.58. The first kappa shape index (κ1) is 13.2. The summed E-state index contributed by atoms with van der Waals surface area (Å²) in [5.41, 5.74) is 2.37. The highest BCUT2D eigenvalue weighted by Gasteiger charge is 2.06. The van der Waals surface area contributed by atoms with Crippen LogP contribution in [0.5, 0.6) is 5.75 Å². The summed E-state index contributed by atoms with van der Waals surface area (Å²) in [7, 11) is 0. The molecular weight excluding hydrogens is 268 g/mol. The van der Waals surface area contributed by atoms with Gasteiger partial charge in [-0.05, 0) is 29.8 Å². The monoisotopic (exact) mass is 282 g/mol. The number of carboxylic acid groups (broad SMARTS) is 1. The molecule has 5 nitrogen and oxygen atoms in total. The second-order valence-electron chi connectivity index (χ2n) is 4.71. The fraction of sp³-hybridized carbons (Fsp3) is 0.125. The third kappa shape index (κ3) is 3.20. The Labute approximate surface area is 121 Å². The minimum absolute atomic E-state index is 0.00477. The van der Waals surface area contributed by atoms with Crippen LogP contribution in [0.1, 0.15) is 11.4 Å². The number of rotatable bonds is 5. The molecule has 0 spiro atoms. The average molecular weight is 282 g/mol. The predicted octanol–water partition coefficient (Wildman–Crippen LogP) is 2.77. The maximum atomic E-state index is 10.7. The van der Waals surface area contributed by atoms with Crippen molar-refractivity contribution in [3.63, 3.8) is 0 Å². The van der Waals surface area contributed by atoms with E-state index in [9.17, 15) is 4.79 Å². The molecule has 0 atom stereocenters. The van der Waals surface area contributed by atoms with Crippen molar-refractivity contribution in [2.45, 2.75) is 13.0 Å². The Morgan fingerprint density at radius 1 is 1.19 bits per heavy atom. The number of carboxylic acids is 1. The number of hydrogen-bond donors (Lipinski definition) is 2. The molecular formula is C16H14N2O3. The fourth-order valence-corrected chi connectivity index (χ4v) is 2.13. The zero-order valence-corrected chi connectivity index (χ0v) is 11.2. The van der Waals surface area contributed by atoms with Gasteiger partial charge in [0.1, 0.15) is 18.2 Å². The van der Waals surface area contributed by atoms with Crippen LogP contribution in [0.25, 0.3) is 11.0 Å². The third-order valence-corrected chi connectivity index (χ3v) is 3.07. The van der Waals surface area contributed by atoms with Gasteiger partial charge in [0.05, 0.1) is 17.5 Å². The number of para-hydroxylation sites is 1. The predicted molar refractivity (Wildman–Crippen MR) is 78.2 cm³/mol. The second-order valence-corrected chi connectivity index (χ2v) is 4.71. The van der Waals surface area contributed by atoms with Crippen LogP contribution in [0, 0.1) is 0 Å². The molecule has 2 aromatic carbocycles. The SMILES string of the molecule is O=C(O)Cc1ccc2nc(COc3ccccc3)[nH]c2c1. The van der Waals surface area contributed by atoms with E-state index in [0.717, 1.165) is 22.3 Å². The van der Waals surface area contributed by atoms with Crippen molar-refractivity contribution in [3.8, 4) is 5.75 Å². The normalized spacial score (nSPS) is 10.7. The topological polar surface area (TPSA) is 75.2 Å². The van der Waals surface area contributed by atoms with Crippen molar-refractivity contribution in [1.82, 2.24) is 9.97 Å². The van der Waals surface area contributed by atoms with Gasteiger partial charge >= 0.3 is 5.97 Å². The van der Waals surface area contributed by atoms with Crippen molar-refractivity contribution in [3.05, 3.63) is 59.9 Å². The molecule has 106 valence electrons. The summed E-state index contributed by atoms with van der Waals surface area (Å²) in [6, 6.07) is 14.9. The summed E-state index contributed by atoms with van der Waals surface area (Å²) >= 11 is 0. The van der Waals surface area contributed by atoms with Gasteiger partial charge in [0.15, 0.2) is 0 Å². The summed E-state index contributed by atoms with van der Waals surface area (Å²) in [6.45, 7) is 0.340. The van der Waals surface area contributed by atoms with Crippen molar-refractivity contribution >= 4 is 17.0 Å². The van der Waals surface area contributed by atoms with E-state index in [1.54, 1.807) is 6.07 Å². The second kappa shape index (κ2) is 5.66. The summed E-state index contributed by atoms with van der Waals surface area (Å²) in [5, 5.41) is 8.81. The molecule has 0 aliphatic carbocycles. The highest BCUT2D eigenvalue weighted by atomic mass is 16.5. The molecule has 0 aliphatic rings. The lowest BCUT2D eigenvalue weighted by Gasteiger charge is -2.02. The molecule has 0 unspecified atom stereocenters. The van der Waals surface area contributed by atoms with E-state index in [1.807, 2.05) is 42.5 Å². The number of hydrogen-bond acceptors (Lipinski definition) is 3. The van der Waals surface area contributed by atoms with Gasteiger partial charge in [0.2, 0.25) is 0 Å². The third-order valence-electron chi connectivity index (χ3n) is 3.07. The van der Waals surface area contributed by atoms with E-state index in [1.165, 1.54) is 0 Å². The molecule has 3 aromatic rings. The number of aromatic amines is 1. The smallest absolute Gasteiger partial charge is 0.307 e. The largest absolute Gasteiger partial charge is 0.486 e. The van der Waals surface area contributed by atoms with E-state index in [0.29, 0.717) is 12.4 Å². The number of ether oxygens (including phenoxy) is 1. The summed E-state index contributed by atoms with van der Waals surface area (Å²) < 4.78 is 5.63. The molecule has 0 amide bonds. The number of aliphatic carboxylic acids is 1. The zero-order chi connectivity index (χ0) is 14.7. The molecule has 0 bridgehead atoms. The Kier molecular flexibility index (Phi) is 3.55. The van der Waals surface area contributed by atoms with Gasteiger partial charge in [-0.2, -0.15) is 0 Å². The maximum absolute atomic E-state index is 10.7. The van der Waals surface area contributed by atoms with Gasteiger partial charge in [-0.25, -0.2) is 4.98 Å². The van der Waals surface area contributed by atoms with Crippen LogP contribution >= 0.6 is 0 Å². The Hall–Kier alpha value is -2.82. The molecule has 0 saturated carbocycles. The molecule has 21 heavy (non-hydrogen) atoms. The minimum Gasteiger partial charge on any atom is -0.486 e. The molecule has 2 N–H and O–H groups in total. The lowest BCUT2D eigenvalue weighted by molar-refractivity contribution is -0.136. The number of carbonyl (C=O) groups is 1. The Balaban J connectivity index is 1.76. The number of aromatic nitrogens is 2. The number of imidazole rings is 1. The number of nitrogens with zero attached hydrogens (tertiary/aromatic N) is 1. The number of benzene rings is 2. The number of H-pyrrole nitrogens is 1. The van der Waals surface area contributed by atoms with E-state index in [4.69, 9.17) is 9.84 Å². The van der Waals surface area contributed by atoms with Crippen LogP contribution in [0.2, 0.25) is 0 Å². The van der Waals surface area contributed by atoms with Gasteiger partial charge in [0, 0.05) is 0 Å². The van der Waals surface area contributed by atoms with Crippen LogP contribution in [0.3, 0.4) is 0 Å². The van der Waals surface area contributed by atoms with Crippen LogP contribution in [0.15, 0.2) is 48.5 Å². The molecule has 5 heteroatoms. The number of fused-ring (bicyclic) bond motifs is 1. The Morgan fingerprint density at radius 2 is 2.00 bits per heavy atom. The van der Waals surface area contributed by atoms with E-state index >= 15 is 0 Å². The van der Waals surface area contributed by atoms with Gasteiger partial charge in [-0.3, -0.25) is 4.79 Å².